The molecule has 0 saturated heterocycles. The van der Waals surface area contributed by atoms with E-state index in [0.29, 0.717) is 0 Å². The summed E-state index contributed by atoms with van der Waals surface area (Å²) in [6.45, 7) is 18.1. The van der Waals surface area contributed by atoms with E-state index in [4.69, 9.17) is 9.16 Å². The fraction of sp³-hybridized carbons (Fsp3) is 0.706. The maximum Gasteiger partial charge on any atom is 0.311 e. The fourth-order valence-corrected chi connectivity index (χ4v) is 5.62. The molecule has 4 heteroatoms. The minimum absolute atomic E-state index is 0.154. The minimum Gasteiger partial charge on any atom is -0.469 e. The lowest BCUT2D eigenvalue weighted by molar-refractivity contribution is -0.154. The number of carbonyl (C=O) groups is 1. The van der Waals surface area contributed by atoms with Gasteiger partial charge in [0.2, 0.25) is 0 Å². The van der Waals surface area contributed by atoms with Crippen LogP contribution >= 0.6 is 0 Å². The van der Waals surface area contributed by atoms with Gasteiger partial charge in [-0.3, -0.25) is 4.79 Å². The highest BCUT2D eigenvalue weighted by molar-refractivity contribution is 6.73. The average molecular weight is 313 g/mol. The van der Waals surface area contributed by atoms with Gasteiger partial charge in [-0.05, 0) is 32.0 Å². The summed E-state index contributed by atoms with van der Waals surface area (Å²) in [4.78, 5) is 12.1. The number of carbonyl (C=O) groups excluding carboxylic acids is 1. The number of esters is 1. The highest BCUT2D eigenvalue weighted by Crippen LogP contribution is 2.36. The van der Waals surface area contributed by atoms with E-state index in [0.717, 1.165) is 18.1 Å². The molecule has 0 heterocycles. The SMILES string of the molecule is C=CC(O[Si](CC)(CC)CC)C(C=C)C(C)(C)C(=O)OC. The Balaban J connectivity index is 5.44. The Hall–Kier alpha value is -0.873. The molecule has 2 unspecified atom stereocenters. The van der Waals surface area contributed by atoms with Crippen LogP contribution in [0.3, 0.4) is 0 Å². The summed E-state index contributed by atoms with van der Waals surface area (Å²) in [7, 11) is -0.362. The number of hydrogen-bond acceptors (Lipinski definition) is 3. The Labute approximate surface area is 131 Å². The molecule has 2 atom stereocenters. The predicted molar refractivity (Wildman–Crippen MR) is 91.8 cm³/mol. The van der Waals surface area contributed by atoms with Crippen molar-refractivity contribution in [3.63, 3.8) is 0 Å². The van der Waals surface area contributed by atoms with E-state index in [1.54, 1.807) is 12.2 Å². The van der Waals surface area contributed by atoms with Gasteiger partial charge in [0, 0.05) is 5.92 Å². The Morgan fingerprint density at radius 2 is 1.62 bits per heavy atom. The van der Waals surface area contributed by atoms with Gasteiger partial charge in [0.25, 0.3) is 0 Å². The van der Waals surface area contributed by atoms with Gasteiger partial charge in [-0.1, -0.05) is 32.9 Å². The van der Waals surface area contributed by atoms with Gasteiger partial charge >= 0.3 is 5.97 Å². The smallest absolute Gasteiger partial charge is 0.311 e. The summed E-state index contributed by atoms with van der Waals surface area (Å²) >= 11 is 0. The first-order chi connectivity index (χ1) is 9.78. The zero-order valence-electron chi connectivity index (χ0n) is 14.6. The summed E-state index contributed by atoms with van der Waals surface area (Å²) in [6.07, 6.45) is 3.39. The molecule has 0 aliphatic heterocycles. The second-order valence-electron chi connectivity index (χ2n) is 6.04. The van der Waals surface area contributed by atoms with Crippen LogP contribution in [0.1, 0.15) is 34.6 Å². The monoisotopic (exact) mass is 312 g/mol. The molecule has 0 aromatic carbocycles. The maximum atomic E-state index is 12.1. The zero-order valence-corrected chi connectivity index (χ0v) is 15.6. The van der Waals surface area contributed by atoms with Crippen molar-refractivity contribution in [2.24, 2.45) is 11.3 Å². The largest absolute Gasteiger partial charge is 0.469 e. The van der Waals surface area contributed by atoms with Crippen LogP contribution in [0.4, 0.5) is 0 Å². The summed E-state index contributed by atoms with van der Waals surface area (Å²) in [5.74, 6) is -0.404. The Bertz CT molecular complexity index is 351. The standard InChI is InChI=1S/C17H32O3Si/c1-9-14(17(6,7)16(18)19-8)15(10-2)20-21(11-3,12-4)13-5/h9-10,14-15H,1-2,11-13H2,3-8H3. The van der Waals surface area contributed by atoms with Crippen LogP contribution in [-0.2, 0) is 14.0 Å². The summed E-state index contributed by atoms with van der Waals surface area (Å²) in [5, 5.41) is 0. The summed E-state index contributed by atoms with van der Waals surface area (Å²) < 4.78 is 11.4. The Morgan fingerprint density at radius 1 is 1.14 bits per heavy atom. The van der Waals surface area contributed by atoms with E-state index in [-0.39, 0.29) is 18.0 Å². The molecule has 0 amide bonds. The second-order valence-corrected chi connectivity index (χ2v) is 10.8. The van der Waals surface area contributed by atoms with Gasteiger partial charge in [0.1, 0.15) is 0 Å². The summed E-state index contributed by atoms with van der Waals surface area (Å²) in [6, 6.07) is 3.19. The van der Waals surface area contributed by atoms with Crippen molar-refractivity contribution in [1.29, 1.82) is 0 Å². The lowest BCUT2D eigenvalue weighted by Crippen LogP contribution is -2.46. The first-order valence-electron chi connectivity index (χ1n) is 7.79. The molecule has 21 heavy (non-hydrogen) atoms. The van der Waals surface area contributed by atoms with Crippen molar-refractivity contribution >= 4 is 14.3 Å². The van der Waals surface area contributed by atoms with Crippen LogP contribution in [0, 0.1) is 11.3 Å². The van der Waals surface area contributed by atoms with Crippen molar-refractivity contribution in [3.05, 3.63) is 25.3 Å². The first-order valence-corrected chi connectivity index (χ1v) is 10.3. The predicted octanol–water partition coefficient (Wildman–Crippen LogP) is 4.56. The van der Waals surface area contributed by atoms with Gasteiger partial charge in [-0.2, -0.15) is 0 Å². The Kier molecular flexibility index (Phi) is 8.19. The third kappa shape index (κ3) is 4.55. The van der Waals surface area contributed by atoms with Crippen molar-refractivity contribution in [3.8, 4) is 0 Å². The molecule has 0 aromatic heterocycles. The van der Waals surface area contributed by atoms with Crippen LogP contribution in [0.25, 0.3) is 0 Å². The van der Waals surface area contributed by atoms with Crippen molar-refractivity contribution in [2.45, 2.75) is 58.9 Å². The molecule has 0 spiro atoms. The van der Waals surface area contributed by atoms with Crippen LogP contribution in [-0.4, -0.2) is 27.5 Å². The lowest BCUT2D eigenvalue weighted by atomic mass is 9.75. The van der Waals surface area contributed by atoms with E-state index in [2.05, 4.69) is 33.9 Å². The lowest BCUT2D eigenvalue weighted by Gasteiger charge is -2.39. The number of methoxy groups -OCH3 is 1. The van der Waals surface area contributed by atoms with Crippen LogP contribution in [0.5, 0.6) is 0 Å². The molecule has 0 aromatic rings. The molecule has 0 saturated carbocycles. The molecule has 0 fully saturated rings. The average Bonchev–Trinajstić information content (AvgIpc) is 2.50. The van der Waals surface area contributed by atoms with E-state index >= 15 is 0 Å². The fourth-order valence-electron chi connectivity index (χ4n) is 2.80. The highest BCUT2D eigenvalue weighted by atomic mass is 28.4. The van der Waals surface area contributed by atoms with Crippen LogP contribution in [0.15, 0.2) is 25.3 Å². The maximum absolute atomic E-state index is 12.1. The normalized spacial score (nSPS) is 15.1. The Morgan fingerprint density at radius 3 is 1.90 bits per heavy atom. The number of rotatable bonds is 10. The van der Waals surface area contributed by atoms with Crippen LogP contribution < -0.4 is 0 Å². The molecule has 0 N–H and O–H groups in total. The van der Waals surface area contributed by atoms with Gasteiger partial charge in [-0.15, -0.1) is 13.2 Å². The minimum atomic E-state index is -1.78. The molecular formula is C17H32O3Si. The van der Waals surface area contributed by atoms with E-state index < -0.39 is 13.7 Å². The van der Waals surface area contributed by atoms with E-state index in [9.17, 15) is 4.79 Å². The number of hydrogen-bond donors (Lipinski definition) is 0. The third-order valence-corrected chi connectivity index (χ3v) is 9.34. The molecule has 0 rings (SSSR count). The zero-order chi connectivity index (χ0) is 16.7. The molecule has 0 bridgehead atoms. The first kappa shape index (κ1) is 20.1. The highest BCUT2D eigenvalue weighted by Gasteiger charge is 2.43. The van der Waals surface area contributed by atoms with Gasteiger partial charge in [0.15, 0.2) is 8.32 Å². The molecule has 0 radical (unpaired) electrons. The molecule has 0 aliphatic rings. The topological polar surface area (TPSA) is 35.5 Å². The molecule has 3 nitrogen and oxygen atoms in total. The van der Waals surface area contributed by atoms with Crippen molar-refractivity contribution in [2.75, 3.05) is 7.11 Å². The molecular weight excluding hydrogens is 280 g/mol. The third-order valence-electron chi connectivity index (χ3n) is 4.70. The van der Waals surface area contributed by atoms with E-state index in [1.807, 2.05) is 13.8 Å². The van der Waals surface area contributed by atoms with Gasteiger partial charge < -0.3 is 9.16 Å². The van der Waals surface area contributed by atoms with Crippen LogP contribution in [0.2, 0.25) is 18.1 Å². The second kappa shape index (κ2) is 8.54. The van der Waals surface area contributed by atoms with Crippen molar-refractivity contribution < 1.29 is 14.0 Å². The summed E-state index contributed by atoms with van der Waals surface area (Å²) in [5.41, 5.74) is -0.690. The molecule has 0 aliphatic carbocycles. The number of ether oxygens (including phenoxy) is 1. The van der Waals surface area contributed by atoms with Crippen molar-refractivity contribution in [1.82, 2.24) is 0 Å². The van der Waals surface area contributed by atoms with E-state index in [1.165, 1.54) is 7.11 Å². The van der Waals surface area contributed by atoms with Gasteiger partial charge in [0.05, 0.1) is 18.6 Å². The van der Waals surface area contributed by atoms with Gasteiger partial charge in [-0.25, -0.2) is 0 Å². The molecule has 122 valence electrons. The quantitative estimate of drug-likeness (QED) is 0.337.